The van der Waals surface area contributed by atoms with E-state index in [9.17, 15) is 31.5 Å². The third kappa shape index (κ3) is 5.65. The maximum atomic E-state index is 14.5. The van der Waals surface area contributed by atoms with Crippen LogP contribution in [0.4, 0.5) is 26.7 Å². The summed E-state index contributed by atoms with van der Waals surface area (Å²) in [5.74, 6) is -1.92. The Morgan fingerprint density at radius 3 is 2.35 bits per heavy atom. The van der Waals surface area contributed by atoms with Crippen molar-refractivity contribution in [3.05, 3.63) is 35.1 Å². The second-order valence-corrected chi connectivity index (χ2v) is 9.04. The first-order valence-corrected chi connectivity index (χ1v) is 10.1. The van der Waals surface area contributed by atoms with Crippen molar-refractivity contribution in [2.45, 2.75) is 70.1 Å². The van der Waals surface area contributed by atoms with Crippen molar-refractivity contribution < 1.29 is 36.3 Å². The van der Waals surface area contributed by atoms with Crippen molar-refractivity contribution in [1.29, 1.82) is 0 Å². The molecule has 31 heavy (non-hydrogen) atoms. The van der Waals surface area contributed by atoms with Gasteiger partial charge in [0.2, 0.25) is 5.91 Å². The lowest BCUT2D eigenvalue weighted by molar-refractivity contribution is -0.137. The molecule has 172 valence electrons. The summed E-state index contributed by atoms with van der Waals surface area (Å²) in [5.41, 5.74) is -2.03. The molecule has 2 amide bonds. The number of nitrogens with one attached hydrogen (secondary N) is 1. The van der Waals surface area contributed by atoms with Gasteiger partial charge in [0.25, 0.3) is 0 Å². The molecule has 2 fully saturated rings. The molecule has 1 aromatic carbocycles. The quantitative estimate of drug-likeness (QED) is 0.676. The van der Waals surface area contributed by atoms with Gasteiger partial charge in [0.1, 0.15) is 23.6 Å². The first kappa shape index (κ1) is 23.3. The highest BCUT2D eigenvalue weighted by Gasteiger charge is 2.44. The predicted octanol–water partition coefficient (Wildman–Crippen LogP) is 4.76. The first-order chi connectivity index (χ1) is 14.3. The SMILES string of the molecule is CC(C)(C)OC(=O)N1CC(F)C[C@H]1C(=O)NC(c1ccc(C(F)(F)F)cc1F)C1CC1. The standard InChI is InChI=1S/C21H25F5N2O3/c1-20(2,3)31-19(30)28-10-13(22)9-16(28)18(29)27-17(11-4-5-11)14-7-6-12(8-15(14)23)21(24,25)26/h6-8,11,13,16-17H,4-5,9-10H2,1-3H3,(H,27,29)/t13?,16-,17?/m0/s1. The summed E-state index contributed by atoms with van der Waals surface area (Å²) in [6.45, 7) is 4.61. The lowest BCUT2D eigenvalue weighted by atomic mass is 9.99. The zero-order chi connectivity index (χ0) is 23.1. The van der Waals surface area contributed by atoms with Gasteiger partial charge in [-0.15, -0.1) is 0 Å². The molecule has 10 heteroatoms. The van der Waals surface area contributed by atoms with Gasteiger partial charge in [0.05, 0.1) is 18.2 Å². The number of rotatable bonds is 4. The summed E-state index contributed by atoms with van der Waals surface area (Å²) in [6.07, 6.45) is -5.86. The average Bonchev–Trinajstić information content (AvgIpc) is 3.38. The van der Waals surface area contributed by atoms with Gasteiger partial charge in [-0.05, 0) is 51.7 Å². The van der Waals surface area contributed by atoms with E-state index >= 15 is 0 Å². The van der Waals surface area contributed by atoms with Crippen LogP contribution in [0.3, 0.4) is 0 Å². The molecule has 1 aliphatic heterocycles. The van der Waals surface area contributed by atoms with E-state index in [0.29, 0.717) is 18.9 Å². The highest BCUT2D eigenvalue weighted by molar-refractivity contribution is 5.86. The van der Waals surface area contributed by atoms with Crippen LogP contribution in [-0.2, 0) is 15.7 Å². The van der Waals surface area contributed by atoms with E-state index in [2.05, 4.69) is 5.32 Å². The normalized spacial score (nSPS) is 22.9. The molecular formula is C21H25F5N2O3. The Hall–Kier alpha value is -2.39. The minimum absolute atomic E-state index is 0.0672. The van der Waals surface area contributed by atoms with E-state index in [1.807, 2.05) is 0 Å². The van der Waals surface area contributed by atoms with Crippen LogP contribution >= 0.6 is 0 Å². The maximum absolute atomic E-state index is 14.5. The van der Waals surface area contributed by atoms with E-state index in [-0.39, 0.29) is 24.4 Å². The highest BCUT2D eigenvalue weighted by atomic mass is 19.4. The van der Waals surface area contributed by atoms with Gasteiger partial charge in [0, 0.05) is 12.0 Å². The lowest BCUT2D eigenvalue weighted by Gasteiger charge is -2.29. The van der Waals surface area contributed by atoms with Gasteiger partial charge in [-0.2, -0.15) is 13.2 Å². The smallest absolute Gasteiger partial charge is 0.416 e. The van der Waals surface area contributed by atoms with Gasteiger partial charge >= 0.3 is 12.3 Å². The Kier molecular flexibility index (Phi) is 6.21. The van der Waals surface area contributed by atoms with Crippen LogP contribution in [0.2, 0.25) is 0 Å². The molecule has 3 atom stereocenters. The summed E-state index contributed by atoms with van der Waals surface area (Å²) in [5, 5.41) is 2.63. The number of hydrogen-bond acceptors (Lipinski definition) is 3. The second-order valence-electron chi connectivity index (χ2n) is 9.04. The average molecular weight is 448 g/mol. The van der Waals surface area contributed by atoms with Crippen LogP contribution in [0.15, 0.2) is 18.2 Å². The number of nitrogens with zero attached hydrogens (tertiary/aromatic N) is 1. The number of amides is 2. The number of halogens is 5. The predicted molar refractivity (Wildman–Crippen MR) is 101 cm³/mol. The van der Waals surface area contributed by atoms with E-state index in [1.165, 1.54) is 0 Å². The number of alkyl halides is 4. The van der Waals surface area contributed by atoms with Crippen molar-refractivity contribution in [3.63, 3.8) is 0 Å². The minimum Gasteiger partial charge on any atom is -0.444 e. The summed E-state index contributed by atoms with van der Waals surface area (Å²) >= 11 is 0. The number of hydrogen-bond donors (Lipinski definition) is 1. The summed E-state index contributed by atoms with van der Waals surface area (Å²) in [6, 6.07) is 0.161. The van der Waals surface area contributed by atoms with Crippen LogP contribution in [0.1, 0.15) is 57.2 Å². The lowest BCUT2D eigenvalue weighted by Crippen LogP contribution is -2.48. The van der Waals surface area contributed by atoms with Crippen LogP contribution in [0, 0.1) is 11.7 Å². The van der Waals surface area contributed by atoms with Crippen LogP contribution < -0.4 is 5.32 Å². The summed E-state index contributed by atoms with van der Waals surface area (Å²) < 4.78 is 72.3. The van der Waals surface area contributed by atoms with E-state index in [4.69, 9.17) is 4.74 Å². The molecule has 5 nitrogen and oxygen atoms in total. The van der Waals surface area contributed by atoms with Crippen molar-refractivity contribution >= 4 is 12.0 Å². The molecule has 0 aromatic heterocycles. The number of carbonyl (C=O) groups excluding carboxylic acids is 2. The van der Waals surface area contributed by atoms with E-state index < -0.39 is 53.4 Å². The van der Waals surface area contributed by atoms with Crippen molar-refractivity contribution in [2.75, 3.05) is 6.54 Å². The Balaban J connectivity index is 1.79. The molecule has 1 saturated heterocycles. The van der Waals surface area contributed by atoms with Gasteiger partial charge in [0.15, 0.2) is 0 Å². The fourth-order valence-corrected chi connectivity index (χ4v) is 3.64. The van der Waals surface area contributed by atoms with Crippen LogP contribution in [0.25, 0.3) is 0 Å². The molecular weight excluding hydrogens is 423 g/mol. The fourth-order valence-electron chi connectivity index (χ4n) is 3.64. The monoisotopic (exact) mass is 448 g/mol. The zero-order valence-corrected chi connectivity index (χ0v) is 17.4. The van der Waals surface area contributed by atoms with Gasteiger partial charge < -0.3 is 10.1 Å². The molecule has 1 N–H and O–H groups in total. The summed E-state index contributed by atoms with van der Waals surface area (Å²) in [7, 11) is 0. The molecule has 0 spiro atoms. The molecule has 1 heterocycles. The maximum Gasteiger partial charge on any atom is 0.416 e. The summed E-state index contributed by atoms with van der Waals surface area (Å²) in [4.78, 5) is 26.3. The number of benzene rings is 1. The van der Waals surface area contributed by atoms with Gasteiger partial charge in [-0.1, -0.05) is 6.07 Å². The Morgan fingerprint density at radius 1 is 1.19 bits per heavy atom. The topological polar surface area (TPSA) is 58.6 Å². The molecule has 3 rings (SSSR count). The van der Waals surface area contributed by atoms with Gasteiger partial charge in [-0.25, -0.2) is 13.6 Å². The molecule has 2 aliphatic rings. The van der Waals surface area contributed by atoms with Crippen LogP contribution in [-0.4, -0.2) is 41.3 Å². The molecule has 1 aliphatic carbocycles. The Bertz CT molecular complexity index is 848. The van der Waals surface area contributed by atoms with Gasteiger partial charge in [-0.3, -0.25) is 9.69 Å². The molecule has 2 unspecified atom stereocenters. The fraction of sp³-hybridized carbons (Fsp3) is 0.619. The molecule has 0 bridgehead atoms. The largest absolute Gasteiger partial charge is 0.444 e. The molecule has 1 saturated carbocycles. The highest BCUT2D eigenvalue weighted by Crippen LogP contribution is 2.43. The van der Waals surface area contributed by atoms with Crippen LogP contribution in [0.5, 0.6) is 0 Å². The number of ether oxygens (including phenoxy) is 1. The Morgan fingerprint density at radius 2 is 1.84 bits per heavy atom. The van der Waals surface area contributed by atoms with Crippen molar-refractivity contribution in [2.24, 2.45) is 5.92 Å². The number of carbonyl (C=O) groups is 2. The van der Waals surface area contributed by atoms with Crippen molar-refractivity contribution in [3.8, 4) is 0 Å². The first-order valence-electron chi connectivity index (χ1n) is 10.1. The third-order valence-corrected chi connectivity index (χ3v) is 5.23. The number of likely N-dealkylation sites (tertiary alicyclic amines) is 1. The van der Waals surface area contributed by atoms with E-state index in [0.717, 1.165) is 17.0 Å². The van der Waals surface area contributed by atoms with E-state index in [1.54, 1.807) is 20.8 Å². The second kappa shape index (κ2) is 8.27. The van der Waals surface area contributed by atoms with Crippen molar-refractivity contribution in [1.82, 2.24) is 10.2 Å². The third-order valence-electron chi connectivity index (χ3n) is 5.23. The Labute approximate surface area is 176 Å². The molecule has 0 radical (unpaired) electrons. The molecule has 1 aromatic rings. The minimum atomic E-state index is -4.69. The zero-order valence-electron chi connectivity index (χ0n) is 17.4.